The molecule has 0 fully saturated rings. The van der Waals surface area contributed by atoms with Gasteiger partial charge in [0.2, 0.25) is 0 Å². The molecule has 0 saturated heterocycles. The molecule has 0 aliphatic rings. The Kier molecular flexibility index (Phi) is 6.04. The third-order valence-electron chi connectivity index (χ3n) is 4.48. The minimum Gasteiger partial charge on any atom is -0.461 e. The molecule has 148 valence electrons. The fraction of sp³-hybridized carbons (Fsp3) is 0.182. The van der Waals surface area contributed by atoms with Crippen LogP contribution in [0.5, 0.6) is 0 Å². The minimum absolute atomic E-state index is 0.212. The average Bonchev–Trinajstić information content (AvgIpc) is 2.99. The van der Waals surface area contributed by atoms with E-state index >= 15 is 0 Å². The Labute approximate surface area is 171 Å². The van der Waals surface area contributed by atoms with Crippen LogP contribution in [-0.4, -0.2) is 23.4 Å². The van der Waals surface area contributed by atoms with Crippen LogP contribution in [-0.2, 0) is 11.8 Å². The highest BCUT2D eigenvalue weighted by molar-refractivity contribution is 7.98. The minimum atomic E-state index is -0.659. The van der Waals surface area contributed by atoms with E-state index in [9.17, 15) is 18.8 Å². The lowest BCUT2D eigenvalue weighted by Crippen LogP contribution is -2.11. The first-order valence-corrected chi connectivity index (χ1v) is 10.0. The van der Waals surface area contributed by atoms with Crippen LogP contribution in [0.15, 0.2) is 47.5 Å². The second kappa shape index (κ2) is 8.50. The number of rotatable bonds is 5. The summed E-state index contributed by atoms with van der Waals surface area (Å²) in [6, 6.07) is 12.3. The summed E-state index contributed by atoms with van der Waals surface area (Å²) in [5, 5.41) is 10.4. The van der Waals surface area contributed by atoms with Crippen LogP contribution in [0.25, 0.3) is 22.3 Å². The number of carbonyl (C=O) groups excluding carboxylic acids is 1. The summed E-state index contributed by atoms with van der Waals surface area (Å²) in [4.78, 5) is 12.6. The molecule has 1 aromatic heterocycles. The molecule has 0 amide bonds. The standard InChI is InChI=1S/C22H18F2N2O2S/c1-4-28-22(27)20-19(18(12-25)21(29-3)26(20)2)14-7-5-13(6-8-14)15-9-16(23)11-17(24)10-15/h5-11H,4H2,1-3H3. The van der Waals surface area contributed by atoms with Crippen LogP contribution < -0.4 is 0 Å². The zero-order valence-electron chi connectivity index (χ0n) is 16.1. The van der Waals surface area contributed by atoms with Gasteiger partial charge in [-0.15, -0.1) is 11.8 Å². The molecule has 0 saturated carbocycles. The molecule has 0 unspecified atom stereocenters. The monoisotopic (exact) mass is 412 g/mol. The van der Waals surface area contributed by atoms with Crippen molar-refractivity contribution in [3.05, 3.63) is 65.4 Å². The zero-order chi connectivity index (χ0) is 21.1. The molecule has 0 atom stereocenters. The Morgan fingerprint density at radius 2 is 1.69 bits per heavy atom. The van der Waals surface area contributed by atoms with Crippen molar-refractivity contribution >= 4 is 17.7 Å². The summed E-state index contributed by atoms with van der Waals surface area (Å²) in [5.41, 5.74) is 2.81. The molecule has 7 heteroatoms. The lowest BCUT2D eigenvalue weighted by atomic mass is 9.98. The first-order valence-electron chi connectivity index (χ1n) is 8.82. The fourth-order valence-electron chi connectivity index (χ4n) is 3.27. The molecule has 3 aromatic rings. The topological polar surface area (TPSA) is 55.0 Å². The van der Waals surface area contributed by atoms with Gasteiger partial charge in [-0.25, -0.2) is 13.6 Å². The van der Waals surface area contributed by atoms with Gasteiger partial charge in [0.1, 0.15) is 23.4 Å². The molecule has 4 nitrogen and oxygen atoms in total. The van der Waals surface area contributed by atoms with E-state index in [1.807, 2.05) is 6.26 Å². The Morgan fingerprint density at radius 3 is 2.21 bits per heavy atom. The van der Waals surface area contributed by atoms with Gasteiger partial charge in [-0.05, 0) is 42.0 Å². The van der Waals surface area contributed by atoms with Crippen molar-refractivity contribution in [2.75, 3.05) is 12.9 Å². The zero-order valence-corrected chi connectivity index (χ0v) is 16.9. The average molecular weight is 412 g/mol. The maximum atomic E-state index is 13.5. The number of esters is 1. The second-order valence-electron chi connectivity index (χ2n) is 6.23. The van der Waals surface area contributed by atoms with Gasteiger partial charge in [0.05, 0.1) is 17.2 Å². The number of carbonyl (C=O) groups is 1. The number of aromatic nitrogens is 1. The van der Waals surface area contributed by atoms with Gasteiger partial charge in [-0.1, -0.05) is 24.3 Å². The largest absolute Gasteiger partial charge is 0.461 e. The quantitative estimate of drug-likeness (QED) is 0.415. The maximum Gasteiger partial charge on any atom is 0.355 e. The molecule has 0 N–H and O–H groups in total. The SMILES string of the molecule is CCOC(=O)c1c(-c2ccc(-c3cc(F)cc(F)c3)cc2)c(C#N)c(SC)n1C. The number of hydrogen-bond acceptors (Lipinski definition) is 4. The molecular weight excluding hydrogens is 394 g/mol. The Balaban J connectivity index is 2.15. The third kappa shape index (κ3) is 3.89. The molecule has 29 heavy (non-hydrogen) atoms. The number of nitriles is 1. The van der Waals surface area contributed by atoms with Crippen molar-refractivity contribution in [1.82, 2.24) is 4.57 Å². The van der Waals surface area contributed by atoms with E-state index in [4.69, 9.17) is 4.74 Å². The first kappa shape index (κ1) is 20.6. The van der Waals surface area contributed by atoms with Crippen LogP contribution in [0, 0.1) is 23.0 Å². The van der Waals surface area contributed by atoms with Gasteiger partial charge in [0, 0.05) is 18.7 Å². The lowest BCUT2D eigenvalue weighted by molar-refractivity contribution is 0.0515. The number of halogens is 2. The normalized spacial score (nSPS) is 10.6. The Bertz CT molecular complexity index is 1100. The molecule has 3 rings (SSSR count). The van der Waals surface area contributed by atoms with Gasteiger partial charge >= 0.3 is 5.97 Å². The summed E-state index contributed by atoms with van der Waals surface area (Å²) >= 11 is 1.36. The Morgan fingerprint density at radius 1 is 1.10 bits per heavy atom. The number of hydrogen-bond donors (Lipinski definition) is 0. The van der Waals surface area contributed by atoms with Crippen molar-refractivity contribution in [3.63, 3.8) is 0 Å². The van der Waals surface area contributed by atoms with E-state index in [0.717, 1.165) is 6.07 Å². The van der Waals surface area contributed by atoms with Crippen molar-refractivity contribution in [2.45, 2.75) is 11.9 Å². The summed E-state index contributed by atoms with van der Waals surface area (Å²) in [7, 11) is 1.71. The van der Waals surface area contributed by atoms with Crippen molar-refractivity contribution < 1.29 is 18.3 Å². The predicted octanol–water partition coefficient (Wildman–Crippen LogP) is 5.41. The smallest absolute Gasteiger partial charge is 0.355 e. The van der Waals surface area contributed by atoms with Crippen LogP contribution in [0.2, 0.25) is 0 Å². The van der Waals surface area contributed by atoms with Crippen molar-refractivity contribution in [2.24, 2.45) is 7.05 Å². The van der Waals surface area contributed by atoms with E-state index < -0.39 is 17.6 Å². The van der Waals surface area contributed by atoms with E-state index in [-0.39, 0.29) is 12.3 Å². The van der Waals surface area contributed by atoms with Crippen molar-refractivity contribution in [3.8, 4) is 28.3 Å². The van der Waals surface area contributed by atoms with Crippen LogP contribution in [0.1, 0.15) is 23.0 Å². The molecular formula is C22H18F2N2O2S. The number of nitrogens with zero attached hydrogens (tertiary/aromatic N) is 2. The van der Waals surface area contributed by atoms with Gasteiger partial charge in [-0.3, -0.25) is 0 Å². The van der Waals surface area contributed by atoms with Gasteiger partial charge in [0.15, 0.2) is 0 Å². The highest BCUT2D eigenvalue weighted by Gasteiger charge is 2.27. The maximum absolute atomic E-state index is 13.5. The number of ether oxygens (including phenoxy) is 1. The van der Waals surface area contributed by atoms with Crippen LogP contribution in [0.4, 0.5) is 8.78 Å². The summed E-state index contributed by atoms with van der Waals surface area (Å²) in [5.74, 6) is -1.83. The lowest BCUT2D eigenvalue weighted by Gasteiger charge is -2.09. The molecule has 0 radical (unpaired) electrons. The van der Waals surface area contributed by atoms with Gasteiger partial charge < -0.3 is 9.30 Å². The molecule has 1 heterocycles. The van der Waals surface area contributed by atoms with E-state index in [0.29, 0.717) is 32.8 Å². The van der Waals surface area contributed by atoms with Gasteiger partial charge in [0.25, 0.3) is 0 Å². The first-order chi connectivity index (χ1) is 13.9. The number of benzene rings is 2. The highest BCUT2D eigenvalue weighted by Crippen LogP contribution is 2.37. The summed E-state index contributed by atoms with van der Waals surface area (Å²) in [6.45, 7) is 1.93. The molecule has 0 bridgehead atoms. The van der Waals surface area contributed by atoms with E-state index in [1.54, 1.807) is 42.8 Å². The van der Waals surface area contributed by atoms with E-state index in [1.165, 1.54) is 23.9 Å². The molecule has 0 spiro atoms. The van der Waals surface area contributed by atoms with Crippen LogP contribution in [0.3, 0.4) is 0 Å². The van der Waals surface area contributed by atoms with Crippen LogP contribution >= 0.6 is 11.8 Å². The number of thioether (sulfide) groups is 1. The van der Waals surface area contributed by atoms with Gasteiger partial charge in [-0.2, -0.15) is 5.26 Å². The van der Waals surface area contributed by atoms with Crippen molar-refractivity contribution in [1.29, 1.82) is 5.26 Å². The highest BCUT2D eigenvalue weighted by atomic mass is 32.2. The molecule has 2 aromatic carbocycles. The third-order valence-corrected chi connectivity index (χ3v) is 5.35. The second-order valence-corrected chi connectivity index (χ2v) is 7.03. The summed E-state index contributed by atoms with van der Waals surface area (Å²) < 4.78 is 33.9. The predicted molar refractivity (Wildman–Crippen MR) is 109 cm³/mol. The molecule has 0 aliphatic carbocycles. The fourth-order valence-corrected chi connectivity index (χ4v) is 3.99. The van der Waals surface area contributed by atoms with E-state index in [2.05, 4.69) is 6.07 Å². The molecule has 0 aliphatic heterocycles. The Hall–Kier alpha value is -3.11. The summed E-state index contributed by atoms with van der Waals surface area (Å²) in [6.07, 6.45) is 1.83.